The second kappa shape index (κ2) is 7.42. The molecular weight excluding hydrogens is 396 g/mol. The Kier molecular flexibility index (Phi) is 4.96. The molecule has 28 heavy (non-hydrogen) atoms. The van der Waals surface area contributed by atoms with Crippen LogP contribution in [0.15, 0.2) is 52.9 Å². The van der Waals surface area contributed by atoms with Gasteiger partial charge in [-0.1, -0.05) is 53.8 Å². The van der Waals surface area contributed by atoms with Gasteiger partial charge in [-0.15, -0.1) is 10.2 Å². The van der Waals surface area contributed by atoms with E-state index in [2.05, 4.69) is 15.5 Å². The van der Waals surface area contributed by atoms with E-state index in [1.165, 1.54) is 4.31 Å². The van der Waals surface area contributed by atoms with Crippen LogP contribution in [0.1, 0.15) is 27.0 Å². The van der Waals surface area contributed by atoms with Gasteiger partial charge in [0.2, 0.25) is 9.47 Å². The van der Waals surface area contributed by atoms with Crippen molar-refractivity contribution < 1.29 is 13.2 Å². The molecule has 0 fully saturated rings. The van der Waals surface area contributed by atoms with Gasteiger partial charge in [0, 0.05) is 18.7 Å². The molecule has 0 aliphatic carbocycles. The highest BCUT2D eigenvalue weighted by molar-refractivity contribution is 7.91. The number of carbonyl (C=O) groups excluding carboxylic acids is 1. The first-order chi connectivity index (χ1) is 13.4. The first kappa shape index (κ1) is 18.7. The summed E-state index contributed by atoms with van der Waals surface area (Å²) >= 11 is 0.860. The highest BCUT2D eigenvalue weighted by atomic mass is 32.2. The van der Waals surface area contributed by atoms with Crippen LogP contribution in [0.25, 0.3) is 0 Å². The number of hydrogen-bond donors (Lipinski definition) is 1. The predicted octanol–water partition coefficient (Wildman–Crippen LogP) is 2.85. The van der Waals surface area contributed by atoms with E-state index in [4.69, 9.17) is 0 Å². The van der Waals surface area contributed by atoms with Crippen LogP contribution in [-0.2, 0) is 23.0 Å². The zero-order valence-corrected chi connectivity index (χ0v) is 16.8. The average molecular weight is 415 g/mol. The molecule has 1 aliphatic rings. The van der Waals surface area contributed by atoms with E-state index in [9.17, 15) is 13.2 Å². The maximum absolute atomic E-state index is 12.9. The van der Waals surface area contributed by atoms with Crippen LogP contribution >= 0.6 is 11.3 Å². The van der Waals surface area contributed by atoms with E-state index in [0.29, 0.717) is 25.1 Å². The van der Waals surface area contributed by atoms with Crippen molar-refractivity contribution in [3.05, 3.63) is 70.8 Å². The van der Waals surface area contributed by atoms with Crippen LogP contribution in [0.5, 0.6) is 0 Å². The molecule has 0 radical (unpaired) electrons. The van der Waals surface area contributed by atoms with Crippen LogP contribution in [0, 0.1) is 6.92 Å². The Morgan fingerprint density at radius 1 is 1.07 bits per heavy atom. The van der Waals surface area contributed by atoms with Crippen molar-refractivity contribution in [1.29, 1.82) is 0 Å². The summed E-state index contributed by atoms with van der Waals surface area (Å²) in [5.41, 5.74) is 3.49. The van der Waals surface area contributed by atoms with Gasteiger partial charge in [0.15, 0.2) is 0 Å². The van der Waals surface area contributed by atoms with Crippen LogP contribution in [0.3, 0.4) is 0 Å². The minimum atomic E-state index is -3.77. The van der Waals surface area contributed by atoms with Crippen molar-refractivity contribution in [1.82, 2.24) is 14.5 Å². The second-order valence-corrected chi connectivity index (χ2v) is 9.59. The normalized spacial score (nSPS) is 14.5. The Morgan fingerprint density at radius 2 is 1.79 bits per heavy atom. The monoisotopic (exact) mass is 414 g/mol. The van der Waals surface area contributed by atoms with Crippen LogP contribution in [-0.4, -0.2) is 35.4 Å². The van der Waals surface area contributed by atoms with E-state index in [0.717, 1.165) is 28.0 Å². The highest BCUT2D eigenvalue weighted by Crippen LogP contribution is 2.28. The number of nitrogens with one attached hydrogen (secondary N) is 1. The van der Waals surface area contributed by atoms with E-state index in [1.807, 2.05) is 43.3 Å². The van der Waals surface area contributed by atoms with Crippen LogP contribution in [0.2, 0.25) is 0 Å². The molecule has 9 heteroatoms. The summed E-state index contributed by atoms with van der Waals surface area (Å²) in [6.45, 7) is 2.53. The van der Waals surface area contributed by atoms with E-state index in [1.54, 1.807) is 12.1 Å². The number of aryl methyl sites for hydroxylation is 1. The van der Waals surface area contributed by atoms with Gasteiger partial charge in [0.1, 0.15) is 0 Å². The highest BCUT2D eigenvalue weighted by Gasteiger charge is 2.31. The molecular formula is C19H18N4O3S2. The van der Waals surface area contributed by atoms with Crippen molar-refractivity contribution in [2.75, 3.05) is 11.9 Å². The molecule has 7 nitrogen and oxygen atoms in total. The SMILES string of the molecule is Cc1ccccc1C(=O)Nc1nnc(S(=O)(=O)N2CCc3ccccc3C2)s1. The van der Waals surface area contributed by atoms with Crippen LogP contribution < -0.4 is 5.32 Å². The Morgan fingerprint density at radius 3 is 2.57 bits per heavy atom. The molecule has 0 unspecified atom stereocenters. The molecule has 1 amide bonds. The number of carbonyl (C=O) groups is 1. The molecule has 0 saturated heterocycles. The fourth-order valence-electron chi connectivity index (χ4n) is 3.14. The number of hydrogen-bond acceptors (Lipinski definition) is 6. The molecule has 144 valence electrons. The average Bonchev–Trinajstić information content (AvgIpc) is 3.17. The van der Waals surface area contributed by atoms with E-state index in [-0.39, 0.29) is 15.4 Å². The predicted molar refractivity (Wildman–Crippen MR) is 107 cm³/mol. The molecule has 0 saturated carbocycles. The van der Waals surface area contributed by atoms with Gasteiger partial charge >= 0.3 is 0 Å². The Balaban J connectivity index is 1.52. The Labute approximate surface area is 167 Å². The third-order valence-electron chi connectivity index (χ3n) is 4.67. The summed E-state index contributed by atoms with van der Waals surface area (Å²) in [7, 11) is -3.77. The number of anilines is 1. The van der Waals surface area contributed by atoms with Crippen molar-refractivity contribution in [3.8, 4) is 0 Å². The van der Waals surface area contributed by atoms with Gasteiger partial charge in [0.25, 0.3) is 15.9 Å². The lowest BCUT2D eigenvalue weighted by Gasteiger charge is -2.26. The molecule has 4 rings (SSSR count). The molecule has 2 aromatic carbocycles. The maximum Gasteiger partial charge on any atom is 0.272 e. The minimum Gasteiger partial charge on any atom is -0.296 e. The molecule has 2 heterocycles. The number of benzene rings is 2. The first-order valence-corrected chi connectivity index (χ1v) is 11.0. The molecule has 3 aromatic rings. The molecule has 1 aliphatic heterocycles. The van der Waals surface area contributed by atoms with Gasteiger partial charge in [-0.05, 0) is 36.1 Å². The fourth-order valence-corrected chi connectivity index (χ4v) is 5.59. The standard InChI is InChI=1S/C19H18N4O3S2/c1-13-6-2-5-9-16(13)17(24)20-18-21-22-19(27-18)28(25,26)23-11-10-14-7-3-4-8-15(14)12-23/h2-9H,10-12H2,1H3,(H,20,21,24). The summed E-state index contributed by atoms with van der Waals surface area (Å²) in [4.78, 5) is 12.4. The number of nitrogens with zero attached hydrogens (tertiary/aromatic N) is 3. The summed E-state index contributed by atoms with van der Waals surface area (Å²) in [6.07, 6.45) is 0.658. The molecule has 1 aromatic heterocycles. The van der Waals surface area contributed by atoms with Gasteiger partial charge in [-0.3, -0.25) is 10.1 Å². The van der Waals surface area contributed by atoms with Gasteiger partial charge in [0.05, 0.1) is 0 Å². The number of aromatic nitrogens is 2. The van der Waals surface area contributed by atoms with Crippen molar-refractivity contribution >= 4 is 32.4 Å². The zero-order chi connectivity index (χ0) is 19.7. The lowest BCUT2D eigenvalue weighted by molar-refractivity contribution is 0.102. The zero-order valence-electron chi connectivity index (χ0n) is 15.1. The van der Waals surface area contributed by atoms with Crippen molar-refractivity contribution in [2.24, 2.45) is 0 Å². The van der Waals surface area contributed by atoms with Crippen molar-refractivity contribution in [3.63, 3.8) is 0 Å². The largest absolute Gasteiger partial charge is 0.296 e. The minimum absolute atomic E-state index is 0.119. The summed E-state index contributed by atoms with van der Waals surface area (Å²) in [5, 5.41) is 10.4. The number of amides is 1. The third kappa shape index (κ3) is 3.56. The Bertz CT molecular complexity index is 1140. The number of fused-ring (bicyclic) bond motifs is 1. The molecule has 0 atom stereocenters. The van der Waals surface area contributed by atoms with Gasteiger partial charge < -0.3 is 0 Å². The maximum atomic E-state index is 12.9. The Hall–Kier alpha value is -2.62. The van der Waals surface area contributed by atoms with Gasteiger partial charge in [-0.2, -0.15) is 4.31 Å². The number of sulfonamides is 1. The number of rotatable bonds is 4. The quantitative estimate of drug-likeness (QED) is 0.663. The summed E-state index contributed by atoms with van der Waals surface area (Å²) in [5.74, 6) is -0.343. The fraction of sp³-hybridized carbons (Fsp3) is 0.211. The van der Waals surface area contributed by atoms with E-state index >= 15 is 0 Å². The lowest BCUT2D eigenvalue weighted by atomic mass is 10.0. The molecule has 0 spiro atoms. The third-order valence-corrected chi connectivity index (χ3v) is 7.70. The lowest BCUT2D eigenvalue weighted by Crippen LogP contribution is -2.35. The van der Waals surface area contributed by atoms with Crippen molar-refractivity contribution in [2.45, 2.75) is 24.2 Å². The van der Waals surface area contributed by atoms with Crippen LogP contribution in [0.4, 0.5) is 5.13 Å². The first-order valence-electron chi connectivity index (χ1n) is 8.72. The van der Waals surface area contributed by atoms with Gasteiger partial charge in [-0.25, -0.2) is 8.42 Å². The summed E-state index contributed by atoms with van der Waals surface area (Å²) in [6, 6.07) is 15.0. The topological polar surface area (TPSA) is 92.3 Å². The molecule has 1 N–H and O–H groups in total. The van der Waals surface area contributed by atoms with E-state index < -0.39 is 10.0 Å². The second-order valence-electron chi connectivity index (χ2n) is 6.50. The summed E-state index contributed by atoms with van der Waals surface area (Å²) < 4.78 is 27.2. The smallest absolute Gasteiger partial charge is 0.272 e. The molecule has 0 bridgehead atoms.